The van der Waals surface area contributed by atoms with Crippen molar-refractivity contribution in [3.05, 3.63) is 52.2 Å². The third-order valence-corrected chi connectivity index (χ3v) is 3.58. The van der Waals surface area contributed by atoms with Gasteiger partial charge in [0.2, 0.25) is 0 Å². The predicted octanol–water partition coefficient (Wildman–Crippen LogP) is 3.82. The Balaban J connectivity index is 2.01. The summed E-state index contributed by atoms with van der Waals surface area (Å²) in [6.07, 6.45) is 2.70. The molecule has 0 bridgehead atoms. The maximum absolute atomic E-state index is 10.6. The van der Waals surface area contributed by atoms with Crippen molar-refractivity contribution in [1.82, 2.24) is 0 Å². The van der Waals surface area contributed by atoms with Gasteiger partial charge in [-0.15, -0.1) is 11.3 Å². The van der Waals surface area contributed by atoms with Crippen molar-refractivity contribution in [3.8, 4) is 11.5 Å². The lowest BCUT2D eigenvalue weighted by Gasteiger charge is -2.08. The van der Waals surface area contributed by atoms with Gasteiger partial charge in [0.15, 0.2) is 0 Å². The first kappa shape index (κ1) is 15.1. The molecular formula is C16H16O4S. The van der Waals surface area contributed by atoms with Crippen molar-refractivity contribution < 1.29 is 19.4 Å². The third kappa shape index (κ3) is 4.65. The molecule has 0 atom stereocenters. The van der Waals surface area contributed by atoms with E-state index in [1.165, 1.54) is 11.3 Å². The van der Waals surface area contributed by atoms with Crippen LogP contribution in [0.5, 0.6) is 11.5 Å². The predicted molar refractivity (Wildman–Crippen MR) is 82.9 cm³/mol. The van der Waals surface area contributed by atoms with Gasteiger partial charge in [-0.05, 0) is 42.1 Å². The Labute approximate surface area is 127 Å². The second kappa shape index (κ2) is 7.50. The van der Waals surface area contributed by atoms with E-state index < -0.39 is 5.97 Å². The maximum atomic E-state index is 10.6. The van der Waals surface area contributed by atoms with Crippen LogP contribution in [0.4, 0.5) is 0 Å². The number of carbonyl (C=O) groups is 1. The third-order valence-electron chi connectivity index (χ3n) is 2.67. The quantitative estimate of drug-likeness (QED) is 0.790. The highest BCUT2D eigenvalue weighted by Gasteiger charge is 2.04. The van der Waals surface area contributed by atoms with Gasteiger partial charge in [-0.3, -0.25) is 0 Å². The topological polar surface area (TPSA) is 55.8 Å². The standard InChI is InChI=1S/C16H16O4S/c1-2-19-13-4-3-5-14(10-13)20-11-15-12(8-9-21-15)6-7-16(17)18/h3-10H,2,11H2,1H3,(H,17,18). The number of benzene rings is 1. The highest BCUT2D eigenvalue weighted by molar-refractivity contribution is 7.10. The van der Waals surface area contributed by atoms with E-state index in [1.807, 2.05) is 42.6 Å². The van der Waals surface area contributed by atoms with E-state index in [2.05, 4.69) is 0 Å². The molecule has 2 rings (SSSR count). The Kier molecular flexibility index (Phi) is 5.40. The molecule has 0 aliphatic heterocycles. The molecule has 110 valence electrons. The van der Waals surface area contributed by atoms with Crippen molar-refractivity contribution in [1.29, 1.82) is 0 Å². The average Bonchev–Trinajstić information content (AvgIpc) is 2.91. The van der Waals surface area contributed by atoms with Gasteiger partial charge in [-0.25, -0.2) is 4.79 Å². The van der Waals surface area contributed by atoms with Crippen molar-refractivity contribution in [2.24, 2.45) is 0 Å². The zero-order valence-electron chi connectivity index (χ0n) is 11.6. The van der Waals surface area contributed by atoms with Crippen LogP contribution in [0.1, 0.15) is 17.4 Å². The molecule has 0 spiro atoms. The molecule has 1 aromatic carbocycles. The molecule has 0 saturated heterocycles. The molecule has 0 aliphatic carbocycles. The number of rotatable bonds is 7. The van der Waals surface area contributed by atoms with Crippen LogP contribution in [-0.2, 0) is 11.4 Å². The van der Waals surface area contributed by atoms with Gasteiger partial charge in [0.25, 0.3) is 0 Å². The molecule has 5 heteroatoms. The first-order chi connectivity index (χ1) is 10.2. The Morgan fingerprint density at radius 3 is 2.76 bits per heavy atom. The second-order valence-corrected chi connectivity index (χ2v) is 5.17. The maximum Gasteiger partial charge on any atom is 0.328 e. The van der Waals surface area contributed by atoms with Crippen molar-refractivity contribution in [3.63, 3.8) is 0 Å². The minimum absolute atomic E-state index is 0.395. The van der Waals surface area contributed by atoms with Crippen LogP contribution in [0, 0.1) is 0 Å². The summed E-state index contributed by atoms with van der Waals surface area (Å²) in [5.74, 6) is 0.534. The van der Waals surface area contributed by atoms with Gasteiger partial charge in [-0.1, -0.05) is 6.07 Å². The summed E-state index contributed by atoms with van der Waals surface area (Å²) in [6.45, 7) is 2.94. The van der Waals surface area contributed by atoms with Crippen LogP contribution in [-0.4, -0.2) is 17.7 Å². The summed E-state index contributed by atoms with van der Waals surface area (Å²) >= 11 is 1.53. The zero-order valence-corrected chi connectivity index (χ0v) is 12.4. The number of ether oxygens (including phenoxy) is 2. The van der Waals surface area contributed by atoms with Gasteiger partial charge in [0, 0.05) is 17.0 Å². The largest absolute Gasteiger partial charge is 0.494 e. The monoisotopic (exact) mass is 304 g/mol. The van der Waals surface area contributed by atoms with Gasteiger partial charge in [-0.2, -0.15) is 0 Å². The smallest absolute Gasteiger partial charge is 0.328 e. The van der Waals surface area contributed by atoms with Crippen LogP contribution >= 0.6 is 11.3 Å². The van der Waals surface area contributed by atoms with Crippen molar-refractivity contribution in [2.45, 2.75) is 13.5 Å². The molecular weight excluding hydrogens is 288 g/mol. The van der Waals surface area contributed by atoms with Crippen LogP contribution in [0.15, 0.2) is 41.8 Å². The number of aliphatic carboxylic acids is 1. The van der Waals surface area contributed by atoms with E-state index in [0.717, 1.165) is 28.0 Å². The number of thiophene rings is 1. The molecule has 4 nitrogen and oxygen atoms in total. The van der Waals surface area contributed by atoms with E-state index in [9.17, 15) is 4.79 Å². The summed E-state index contributed by atoms with van der Waals surface area (Å²) in [4.78, 5) is 11.5. The molecule has 21 heavy (non-hydrogen) atoms. The van der Waals surface area contributed by atoms with Crippen molar-refractivity contribution >= 4 is 23.4 Å². The van der Waals surface area contributed by atoms with Crippen molar-refractivity contribution in [2.75, 3.05) is 6.61 Å². The zero-order chi connectivity index (χ0) is 15.1. The molecule has 0 amide bonds. The van der Waals surface area contributed by atoms with Crippen LogP contribution in [0.3, 0.4) is 0 Å². The summed E-state index contributed by atoms with van der Waals surface area (Å²) in [7, 11) is 0. The Hall–Kier alpha value is -2.27. The Bertz CT molecular complexity index is 631. The molecule has 2 aromatic rings. The lowest BCUT2D eigenvalue weighted by atomic mass is 10.2. The van der Waals surface area contributed by atoms with Gasteiger partial charge in [0.1, 0.15) is 18.1 Å². The van der Waals surface area contributed by atoms with E-state index in [1.54, 1.807) is 6.08 Å². The highest BCUT2D eigenvalue weighted by Crippen LogP contribution is 2.23. The van der Waals surface area contributed by atoms with E-state index in [-0.39, 0.29) is 0 Å². The minimum Gasteiger partial charge on any atom is -0.494 e. The number of carboxylic acids is 1. The molecule has 1 N–H and O–H groups in total. The lowest BCUT2D eigenvalue weighted by molar-refractivity contribution is -0.131. The van der Waals surface area contributed by atoms with E-state index in [0.29, 0.717) is 13.2 Å². The fraction of sp³-hybridized carbons (Fsp3) is 0.188. The normalized spacial score (nSPS) is 10.7. The van der Waals surface area contributed by atoms with E-state index >= 15 is 0 Å². The van der Waals surface area contributed by atoms with Gasteiger partial charge >= 0.3 is 5.97 Å². The molecule has 0 radical (unpaired) electrons. The van der Waals surface area contributed by atoms with Crippen LogP contribution < -0.4 is 9.47 Å². The molecule has 1 aromatic heterocycles. The minimum atomic E-state index is -0.961. The fourth-order valence-electron chi connectivity index (χ4n) is 1.75. The molecule has 1 heterocycles. The summed E-state index contributed by atoms with van der Waals surface area (Å²) in [5, 5.41) is 10.6. The number of carboxylic acid groups (broad SMARTS) is 1. The summed E-state index contributed by atoms with van der Waals surface area (Å²) in [6, 6.07) is 9.33. The molecule has 0 fully saturated rings. The van der Waals surface area contributed by atoms with E-state index in [4.69, 9.17) is 14.6 Å². The Morgan fingerprint density at radius 2 is 2.05 bits per heavy atom. The number of hydrogen-bond donors (Lipinski definition) is 1. The highest BCUT2D eigenvalue weighted by atomic mass is 32.1. The number of hydrogen-bond acceptors (Lipinski definition) is 4. The SMILES string of the molecule is CCOc1cccc(OCc2sccc2C=CC(=O)O)c1. The van der Waals surface area contributed by atoms with Crippen LogP contribution in [0.25, 0.3) is 6.08 Å². The van der Waals surface area contributed by atoms with Gasteiger partial charge < -0.3 is 14.6 Å². The van der Waals surface area contributed by atoms with Gasteiger partial charge in [0.05, 0.1) is 6.61 Å². The Morgan fingerprint density at radius 1 is 1.29 bits per heavy atom. The second-order valence-electron chi connectivity index (χ2n) is 4.17. The summed E-state index contributed by atoms with van der Waals surface area (Å²) < 4.78 is 11.2. The fourth-order valence-corrected chi connectivity index (χ4v) is 2.52. The molecule has 0 saturated carbocycles. The van der Waals surface area contributed by atoms with Crippen LogP contribution in [0.2, 0.25) is 0 Å². The first-order valence-corrected chi connectivity index (χ1v) is 7.40. The molecule has 0 aliphatic rings. The first-order valence-electron chi connectivity index (χ1n) is 6.52. The molecule has 0 unspecified atom stereocenters. The summed E-state index contributed by atoms with van der Waals surface area (Å²) in [5.41, 5.74) is 0.864. The lowest BCUT2D eigenvalue weighted by Crippen LogP contribution is -1.96. The average molecular weight is 304 g/mol.